The van der Waals surface area contributed by atoms with Crippen LogP contribution in [-0.2, 0) is 0 Å². The van der Waals surface area contributed by atoms with Gasteiger partial charge in [0, 0.05) is 0 Å². The maximum Gasteiger partial charge on any atom is -0.0212 e. The Morgan fingerprint density at radius 3 is 2.30 bits per heavy atom. The lowest BCUT2D eigenvalue weighted by molar-refractivity contribution is 0.142. The van der Waals surface area contributed by atoms with Gasteiger partial charge in [-0.15, -0.1) is 0 Å². The Kier molecular flexibility index (Phi) is 1.19. The lowest BCUT2D eigenvalue weighted by atomic mass is 9.70. The van der Waals surface area contributed by atoms with E-state index in [1.165, 1.54) is 12.8 Å². The van der Waals surface area contributed by atoms with Crippen molar-refractivity contribution < 1.29 is 0 Å². The summed E-state index contributed by atoms with van der Waals surface area (Å²) in [6.07, 6.45) is 4.41. The van der Waals surface area contributed by atoms with Crippen LogP contribution in [0.1, 0.15) is 40.0 Å². The van der Waals surface area contributed by atoms with Crippen LogP contribution in [0.25, 0.3) is 0 Å². The van der Waals surface area contributed by atoms with Gasteiger partial charge in [-0.3, -0.25) is 0 Å². The summed E-state index contributed by atoms with van der Waals surface area (Å²) in [4.78, 5) is 0. The fourth-order valence-electron chi connectivity index (χ4n) is 3.64. The molecule has 2 saturated carbocycles. The van der Waals surface area contributed by atoms with Gasteiger partial charge in [0.25, 0.3) is 0 Å². The second-order valence-corrected chi connectivity index (χ2v) is 4.20. The third kappa shape index (κ3) is 0.466. The molecule has 2 rings (SSSR count). The molecular weight excluding hydrogens is 120 g/mol. The van der Waals surface area contributed by atoms with Crippen LogP contribution in [0, 0.1) is 23.2 Å². The predicted molar refractivity (Wildman–Crippen MR) is 43.8 cm³/mol. The summed E-state index contributed by atoms with van der Waals surface area (Å²) in [5.41, 5.74) is 0.856. The van der Waals surface area contributed by atoms with E-state index < -0.39 is 0 Å². The fraction of sp³-hybridized carbons (Fsp3) is 1.00. The summed E-state index contributed by atoms with van der Waals surface area (Å²) in [6, 6.07) is 0. The first-order chi connectivity index (χ1) is 4.77. The molecule has 0 aromatic carbocycles. The molecule has 0 bridgehead atoms. The van der Waals surface area contributed by atoms with E-state index in [4.69, 9.17) is 0 Å². The molecule has 0 amide bonds. The molecular formula is C10H18. The number of rotatable bonds is 2. The van der Waals surface area contributed by atoms with Gasteiger partial charge in [0.1, 0.15) is 0 Å². The Morgan fingerprint density at radius 2 is 2.10 bits per heavy atom. The van der Waals surface area contributed by atoms with Crippen LogP contribution in [0.3, 0.4) is 0 Å². The molecule has 0 nitrogen and oxygen atoms in total. The molecule has 2 fully saturated rings. The highest BCUT2D eigenvalue weighted by atomic mass is 14.8. The molecule has 0 aliphatic heterocycles. The van der Waals surface area contributed by atoms with Gasteiger partial charge in [0.15, 0.2) is 0 Å². The van der Waals surface area contributed by atoms with Crippen LogP contribution >= 0.6 is 0 Å². The van der Waals surface area contributed by atoms with Crippen LogP contribution in [0.2, 0.25) is 0 Å². The average Bonchev–Trinajstić information content (AvgIpc) is 2.31. The van der Waals surface area contributed by atoms with Gasteiger partial charge in [-0.2, -0.15) is 0 Å². The summed E-state index contributed by atoms with van der Waals surface area (Å²) in [6.45, 7) is 7.17. The maximum atomic E-state index is 2.45. The maximum absolute atomic E-state index is 2.45. The minimum atomic E-state index is 0.856. The Bertz CT molecular complexity index is 144. The van der Waals surface area contributed by atoms with Crippen LogP contribution in [0.5, 0.6) is 0 Å². The van der Waals surface area contributed by atoms with E-state index in [1.807, 2.05) is 0 Å². The fourth-order valence-corrected chi connectivity index (χ4v) is 3.64. The summed E-state index contributed by atoms with van der Waals surface area (Å²) in [7, 11) is 0. The summed E-state index contributed by atoms with van der Waals surface area (Å²) >= 11 is 0. The Balaban J connectivity index is 2.07. The summed E-state index contributed by atoms with van der Waals surface area (Å²) < 4.78 is 0. The van der Waals surface area contributed by atoms with Crippen molar-refractivity contribution in [3.05, 3.63) is 0 Å². The minimum Gasteiger partial charge on any atom is -0.0651 e. The highest BCUT2D eigenvalue weighted by molar-refractivity contribution is 5.19. The molecule has 2 aliphatic carbocycles. The van der Waals surface area contributed by atoms with E-state index in [-0.39, 0.29) is 0 Å². The first kappa shape index (κ1) is 6.69. The molecule has 0 aromatic rings. The highest BCUT2D eigenvalue weighted by Crippen LogP contribution is 2.77. The van der Waals surface area contributed by atoms with Crippen LogP contribution in [0.15, 0.2) is 0 Å². The van der Waals surface area contributed by atoms with Crippen molar-refractivity contribution in [3.8, 4) is 0 Å². The Labute approximate surface area is 64.0 Å². The Morgan fingerprint density at radius 1 is 1.40 bits per heavy atom. The Hall–Kier alpha value is 0. The number of fused-ring (bicyclic) bond motifs is 1. The first-order valence-electron chi connectivity index (χ1n) is 4.77. The van der Waals surface area contributed by atoms with Gasteiger partial charge in [0.05, 0.1) is 0 Å². The molecule has 0 aromatic heterocycles. The zero-order valence-electron chi connectivity index (χ0n) is 7.35. The van der Waals surface area contributed by atoms with Crippen molar-refractivity contribution in [3.63, 3.8) is 0 Å². The van der Waals surface area contributed by atoms with Gasteiger partial charge in [0.2, 0.25) is 0 Å². The second kappa shape index (κ2) is 1.78. The molecule has 4 atom stereocenters. The van der Waals surface area contributed by atoms with Crippen LogP contribution in [0.4, 0.5) is 0 Å². The monoisotopic (exact) mass is 138 g/mol. The molecule has 0 heterocycles. The van der Waals surface area contributed by atoms with Crippen molar-refractivity contribution in [2.45, 2.75) is 40.0 Å². The molecule has 0 N–H and O–H groups in total. The van der Waals surface area contributed by atoms with E-state index in [1.54, 1.807) is 6.42 Å². The third-order valence-corrected chi connectivity index (χ3v) is 4.44. The lowest BCUT2D eigenvalue weighted by Gasteiger charge is -2.35. The highest BCUT2D eigenvalue weighted by Gasteiger charge is 2.71. The smallest absolute Gasteiger partial charge is 0.0212 e. The SMILES string of the molecule is CCC1CC2C(C)C12CC. The van der Waals surface area contributed by atoms with Crippen molar-refractivity contribution in [1.82, 2.24) is 0 Å². The van der Waals surface area contributed by atoms with Gasteiger partial charge in [-0.05, 0) is 36.0 Å². The average molecular weight is 138 g/mol. The van der Waals surface area contributed by atoms with E-state index >= 15 is 0 Å². The van der Waals surface area contributed by atoms with Gasteiger partial charge in [-0.25, -0.2) is 0 Å². The summed E-state index contributed by atoms with van der Waals surface area (Å²) in [5.74, 6) is 3.31. The van der Waals surface area contributed by atoms with Crippen molar-refractivity contribution in [1.29, 1.82) is 0 Å². The van der Waals surface area contributed by atoms with E-state index in [0.29, 0.717) is 0 Å². The van der Waals surface area contributed by atoms with Gasteiger partial charge < -0.3 is 0 Å². The second-order valence-electron chi connectivity index (χ2n) is 4.20. The molecule has 10 heavy (non-hydrogen) atoms. The van der Waals surface area contributed by atoms with E-state index in [9.17, 15) is 0 Å². The molecule has 0 saturated heterocycles. The topological polar surface area (TPSA) is 0 Å². The van der Waals surface area contributed by atoms with E-state index in [0.717, 1.165) is 23.2 Å². The van der Waals surface area contributed by atoms with E-state index in [2.05, 4.69) is 20.8 Å². The summed E-state index contributed by atoms with van der Waals surface area (Å²) in [5, 5.41) is 0. The number of hydrogen-bond donors (Lipinski definition) is 0. The minimum absolute atomic E-state index is 0.856. The zero-order valence-corrected chi connectivity index (χ0v) is 7.35. The first-order valence-corrected chi connectivity index (χ1v) is 4.77. The molecule has 2 aliphatic rings. The predicted octanol–water partition coefficient (Wildman–Crippen LogP) is 3.08. The van der Waals surface area contributed by atoms with Crippen LogP contribution < -0.4 is 0 Å². The standard InChI is InChI=1S/C10H18/c1-4-8-6-9-7(3)10(8,9)5-2/h7-9H,4-6H2,1-3H3. The van der Waals surface area contributed by atoms with Crippen molar-refractivity contribution in [2.75, 3.05) is 0 Å². The molecule has 4 unspecified atom stereocenters. The van der Waals surface area contributed by atoms with Gasteiger partial charge >= 0.3 is 0 Å². The van der Waals surface area contributed by atoms with Gasteiger partial charge in [-0.1, -0.05) is 27.2 Å². The zero-order chi connectivity index (χ0) is 7.35. The molecule has 0 spiro atoms. The molecule has 0 heteroatoms. The molecule has 58 valence electrons. The normalized spacial score (nSPS) is 57.3. The molecule has 0 radical (unpaired) electrons. The largest absolute Gasteiger partial charge is 0.0651 e. The van der Waals surface area contributed by atoms with Crippen LogP contribution in [-0.4, -0.2) is 0 Å². The third-order valence-electron chi connectivity index (χ3n) is 4.44. The quantitative estimate of drug-likeness (QED) is 0.550. The van der Waals surface area contributed by atoms with Crippen molar-refractivity contribution in [2.24, 2.45) is 23.2 Å². The lowest BCUT2D eigenvalue weighted by Crippen LogP contribution is -2.27. The number of hydrogen-bond acceptors (Lipinski definition) is 0. The van der Waals surface area contributed by atoms with Crippen molar-refractivity contribution >= 4 is 0 Å².